The van der Waals surface area contributed by atoms with Crippen molar-refractivity contribution < 1.29 is 4.74 Å². The topological polar surface area (TPSA) is 105 Å². The molecule has 24 heavy (non-hydrogen) atoms. The van der Waals surface area contributed by atoms with Crippen LogP contribution in [0, 0.1) is 11.3 Å². The molecule has 3 aromatic rings. The SMILES string of the molecule is CSc1nc(-c2cccc(Oc3cnccn3)c2)c(C#N)c(=O)[nH]1. The van der Waals surface area contributed by atoms with E-state index in [0.717, 1.165) is 0 Å². The molecule has 0 saturated heterocycles. The van der Waals surface area contributed by atoms with Crippen LogP contribution in [-0.4, -0.2) is 26.2 Å². The summed E-state index contributed by atoms with van der Waals surface area (Å²) in [5, 5.41) is 9.70. The number of aromatic amines is 1. The molecule has 0 atom stereocenters. The van der Waals surface area contributed by atoms with Crippen molar-refractivity contribution in [1.29, 1.82) is 5.26 Å². The predicted molar refractivity (Wildman–Crippen MR) is 88.9 cm³/mol. The summed E-state index contributed by atoms with van der Waals surface area (Å²) in [5.74, 6) is 0.850. The van der Waals surface area contributed by atoms with Gasteiger partial charge in [0, 0.05) is 18.0 Å². The molecule has 118 valence electrons. The number of H-pyrrole nitrogens is 1. The first-order chi connectivity index (χ1) is 11.7. The highest BCUT2D eigenvalue weighted by atomic mass is 32.2. The Hall–Kier alpha value is -3.18. The van der Waals surface area contributed by atoms with Crippen LogP contribution in [0.3, 0.4) is 0 Å². The Morgan fingerprint density at radius 3 is 2.92 bits per heavy atom. The Labute approximate surface area is 141 Å². The van der Waals surface area contributed by atoms with Gasteiger partial charge in [0.25, 0.3) is 5.56 Å². The molecule has 1 N–H and O–H groups in total. The molecule has 0 aliphatic carbocycles. The van der Waals surface area contributed by atoms with E-state index in [4.69, 9.17) is 4.74 Å². The molecule has 0 saturated carbocycles. The Kier molecular flexibility index (Phi) is 4.54. The summed E-state index contributed by atoms with van der Waals surface area (Å²) < 4.78 is 5.63. The molecule has 0 fully saturated rings. The summed E-state index contributed by atoms with van der Waals surface area (Å²) in [7, 11) is 0. The van der Waals surface area contributed by atoms with Crippen molar-refractivity contribution in [3.63, 3.8) is 0 Å². The molecule has 0 bridgehead atoms. The smallest absolute Gasteiger partial charge is 0.270 e. The van der Waals surface area contributed by atoms with Crippen molar-refractivity contribution in [3.8, 4) is 29.0 Å². The van der Waals surface area contributed by atoms with Gasteiger partial charge in [-0.05, 0) is 18.4 Å². The summed E-state index contributed by atoms with van der Waals surface area (Å²) in [4.78, 5) is 26.9. The standard InChI is InChI=1S/C16H11N5O2S/c1-24-16-20-14(12(8-17)15(22)21-16)10-3-2-4-11(7-10)23-13-9-18-5-6-19-13/h2-7,9H,1H3,(H,20,21,22). The van der Waals surface area contributed by atoms with Crippen molar-refractivity contribution in [1.82, 2.24) is 19.9 Å². The molecule has 0 spiro atoms. The van der Waals surface area contributed by atoms with Crippen molar-refractivity contribution in [2.45, 2.75) is 5.16 Å². The highest BCUT2D eigenvalue weighted by molar-refractivity contribution is 7.98. The first-order valence-corrected chi connectivity index (χ1v) is 8.06. The molecule has 0 aliphatic rings. The van der Waals surface area contributed by atoms with Crippen molar-refractivity contribution >= 4 is 11.8 Å². The number of aromatic nitrogens is 4. The number of nitriles is 1. The first kappa shape index (κ1) is 15.7. The van der Waals surface area contributed by atoms with E-state index in [0.29, 0.717) is 28.0 Å². The largest absolute Gasteiger partial charge is 0.437 e. The fourth-order valence-electron chi connectivity index (χ4n) is 2.03. The zero-order valence-electron chi connectivity index (χ0n) is 12.6. The van der Waals surface area contributed by atoms with Crippen molar-refractivity contribution in [2.24, 2.45) is 0 Å². The Morgan fingerprint density at radius 2 is 2.21 bits per heavy atom. The summed E-state index contributed by atoms with van der Waals surface area (Å²) in [6.45, 7) is 0. The maximum Gasteiger partial charge on any atom is 0.270 e. The van der Waals surface area contributed by atoms with Gasteiger partial charge in [-0.25, -0.2) is 9.97 Å². The first-order valence-electron chi connectivity index (χ1n) is 6.84. The van der Waals surface area contributed by atoms with Crippen LogP contribution in [0.15, 0.2) is 52.8 Å². The minimum absolute atomic E-state index is 0.0375. The third-order valence-electron chi connectivity index (χ3n) is 3.07. The van der Waals surface area contributed by atoms with Crippen LogP contribution in [0.5, 0.6) is 11.6 Å². The van der Waals surface area contributed by atoms with Crippen molar-refractivity contribution in [2.75, 3.05) is 6.26 Å². The van der Waals surface area contributed by atoms with Gasteiger partial charge in [0.2, 0.25) is 5.88 Å². The highest BCUT2D eigenvalue weighted by Gasteiger charge is 2.14. The lowest BCUT2D eigenvalue weighted by Crippen LogP contribution is -2.14. The average Bonchev–Trinajstić information content (AvgIpc) is 2.62. The molecule has 2 heterocycles. The quantitative estimate of drug-likeness (QED) is 0.576. The van der Waals surface area contributed by atoms with Crippen molar-refractivity contribution in [3.05, 3.63) is 58.8 Å². The van der Waals surface area contributed by atoms with Crippen LogP contribution in [0.25, 0.3) is 11.3 Å². The number of hydrogen-bond donors (Lipinski definition) is 1. The monoisotopic (exact) mass is 337 g/mol. The van der Waals surface area contributed by atoms with Crippen LogP contribution >= 0.6 is 11.8 Å². The fourth-order valence-corrected chi connectivity index (χ4v) is 2.40. The summed E-state index contributed by atoms with van der Waals surface area (Å²) in [6.07, 6.45) is 6.36. The number of nitrogens with one attached hydrogen (secondary N) is 1. The number of rotatable bonds is 4. The van der Waals surface area contributed by atoms with Gasteiger partial charge in [-0.15, -0.1) is 0 Å². The molecule has 0 radical (unpaired) electrons. The minimum Gasteiger partial charge on any atom is -0.437 e. The maximum absolute atomic E-state index is 12.0. The predicted octanol–water partition coefficient (Wildman–Crippen LogP) is 2.61. The Balaban J connectivity index is 2.05. The van der Waals surface area contributed by atoms with Crippen LogP contribution in [-0.2, 0) is 0 Å². The van der Waals surface area contributed by atoms with E-state index in [1.807, 2.05) is 6.07 Å². The van der Waals surface area contributed by atoms with Gasteiger partial charge in [0.05, 0.1) is 11.9 Å². The van der Waals surface area contributed by atoms with Gasteiger partial charge in [0.1, 0.15) is 17.4 Å². The second kappa shape index (κ2) is 6.93. The second-order valence-electron chi connectivity index (χ2n) is 4.58. The van der Waals surface area contributed by atoms with Crippen LogP contribution in [0.4, 0.5) is 0 Å². The highest BCUT2D eigenvalue weighted by Crippen LogP contribution is 2.27. The number of benzene rings is 1. The van der Waals surface area contributed by atoms with E-state index >= 15 is 0 Å². The number of hydrogen-bond acceptors (Lipinski definition) is 7. The van der Waals surface area contributed by atoms with E-state index in [2.05, 4.69) is 19.9 Å². The van der Waals surface area contributed by atoms with Crippen LogP contribution in [0.1, 0.15) is 5.56 Å². The van der Waals surface area contributed by atoms with E-state index in [-0.39, 0.29) is 5.56 Å². The van der Waals surface area contributed by atoms with Gasteiger partial charge < -0.3 is 9.72 Å². The van der Waals surface area contributed by atoms with E-state index < -0.39 is 5.56 Å². The third-order valence-corrected chi connectivity index (χ3v) is 3.65. The number of ether oxygens (including phenoxy) is 1. The zero-order valence-corrected chi connectivity index (χ0v) is 13.4. The second-order valence-corrected chi connectivity index (χ2v) is 5.38. The lowest BCUT2D eigenvalue weighted by Gasteiger charge is -2.08. The molecule has 8 heteroatoms. The van der Waals surface area contributed by atoms with E-state index in [9.17, 15) is 10.1 Å². The Bertz CT molecular complexity index is 966. The number of thioether (sulfide) groups is 1. The van der Waals surface area contributed by atoms with E-state index in [1.165, 1.54) is 24.2 Å². The van der Waals surface area contributed by atoms with Gasteiger partial charge in [-0.3, -0.25) is 9.78 Å². The normalized spacial score (nSPS) is 10.2. The summed E-state index contributed by atoms with van der Waals surface area (Å²) >= 11 is 1.29. The summed E-state index contributed by atoms with van der Waals surface area (Å²) in [6, 6.07) is 8.86. The van der Waals surface area contributed by atoms with Crippen LogP contribution < -0.4 is 10.3 Å². The minimum atomic E-state index is -0.466. The average molecular weight is 337 g/mol. The Morgan fingerprint density at radius 1 is 1.33 bits per heavy atom. The third kappa shape index (κ3) is 3.26. The molecule has 1 aromatic carbocycles. The van der Waals surface area contributed by atoms with Gasteiger partial charge in [-0.2, -0.15) is 5.26 Å². The molecular weight excluding hydrogens is 326 g/mol. The van der Waals surface area contributed by atoms with Gasteiger partial charge >= 0.3 is 0 Å². The molecule has 0 amide bonds. The molecular formula is C16H11N5O2S. The van der Waals surface area contributed by atoms with Crippen LogP contribution in [0.2, 0.25) is 0 Å². The van der Waals surface area contributed by atoms with Gasteiger partial charge in [-0.1, -0.05) is 23.9 Å². The lowest BCUT2D eigenvalue weighted by atomic mass is 10.1. The summed E-state index contributed by atoms with van der Waals surface area (Å²) in [5.41, 5.74) is 0.418. The molecule has 0 unspecified atom stereocenters. The zero-order chi connectivity index (χ0) is 16.9. The molecule has 0 aliphatic heterocycles. The molecule has 7 nitrogen and oxygen atoms in total. The maximum atomic E-state index is 12.0. The molecule has 3 rings (SSSR count). The van der Waals surface area contributed by atoms with E-state index in [1.54, 1.807) is 36.7 Å². The molecule has 2 aromatic heterocycles. The van der Waals surface area contributed by atoms with Gasteiger partial charge in [0.15, 0.2) is 5.16 Å². The number of nitrogens with zero attached hydrogens (tertiary/aromatic N) is 4. The fraction of sp³-hybridized carbons (Fsp3) is 0.0625. The lowest BCUT2D eigenvalue weighted by molar-refractivity contribution is 0.460.